The van der Waals surface area contributed by atoms with E-state index in [1.807, 2.05) is 49.6 Å². The predicted octanol–water partition coefficient (Wildman–Crippen LogP) is 4.44. The highest BCUT2D eigenvalue weighted by molar-refractivity contribution is 8.00. The molecule has 2 aromatic carbocycles. The van der Waals surface area contributed by atoms with E-state index in [1.54, 1.807) is 12.1 Å². The predicted molar refractivity (Wildman–Crippen MR) is 124 cm³/mol. The topological polar surface area (TPSA) is 88.9 Å². The first-order valence-corrected chi connectivity index (χ1v) is 11.3. The molecule has 3 rings (SSSR count). The Morgan fingerprint density at radius 2 is 1.78 bits per heavy atom. The van der Waals surface area contributed by atoms with Crippen LogP contribution in [0, 0.1) is 12.7 Å². The van der Waals surface area contributed by atoms with Crippen LogP contribution < -0.4 is 10.6 Å². The molecule has 0 fully saturated rings. The number of amides is 2. The van der Waals surface area contributed by atoms with Crippen LogP contribution in [0.5, 0.6) is 0 Å². The van der Waals surface area contributed by atoms with Gasteiger partial charge in [0, 0.05) is 12.2 Å². The average Bonchev–Trinajstić information content (AvgIpc) is 3.15. The van der Waals surface area contributed by atoms with Crippen molar-refractivity contribution in [1.29, 1.82) is 0 Å². The fraction of sp³-hybridized carbons (Fsp3) is 0.304. The zero-order chi connectivity index (χ0) is 23.1. The Labute approximate surface area is 190 Å². The van der Waals surface area contributed by atoms with Crippen LogP contribution in [-0.4, -0.2) is 31.8 Å². The van der Waals surface area contributed by atoms with Crippen LogP contribution >= 0.6 is 11.8 Å². The zero-order valence-corrected chi connectivity index (χ0v) is 19.1. The number of carbonyl (C=O) groups is 2. The fourth-order valence-corrected chi connectivity index (χ4v) is 4.10. The minimum atomic E-state index is -0.488. The van der Waals surface area contributed by atoms with Gasteiger partial charge in [-0.2, -0.15) is 0 Å². The highest BCUT2D eigenvalue weighted by atomic mass is 32.2. The van der Waals surface area contributed by atoms with Crippen molar-refractivity contribution in [1.82, 2.24) is 14.8 Å². The SMILES string of the molecule is CCC(Sc1nnc(CC(=O)Nc2ccc(C)cc2)n1CC)C(=O)Nc1ccccc1F. The van der Waals surface area contributed by atoms with Gasteiger partial charge in [-0.05, 0) is 44.5 Å². The molecule has 0 radical (unpaired) electrons. The second kappa shape index (κ2) is 10.9. The van der Waals surface area contributed by atoms with E-state index in [4.69, 9.17) is 0 Å². The van der Waals surface area contributed by atoms with E-state index >= 15 is 0 Å². The number of para-hydroxylation sites is 1. The molecule has 168 valence electrons. The average molecular weight is 456 g/mol. The molecule has 9 heteroatoms. The van der Waals surface area contributed by atoms with E-state index in [0.29, 0.717) is 29.6 Å². The monoisotopic (exact) mass is 455 g/mol. The molecule has 0 aliphatic carbocycles. The molecule has 0 bridgehead atoms. The number of aromatic nitrogens is 3. The number of hydrogen-bond acceptors (Lipinski definition) is 5. The molecule has 0 aliphatic heterocycles. The quantitative estimate of drug-likeness (QED) is 0.466. The molecular formula is C23H26FN5O2S. The standard InChI is InChI=1S/C23H26FN5O2S/c1-4-19(22(31)26-18-9-7-6-8-17(18)24)32-23-28-27-20(29(23)5-2)14-21(30)25-16-12-10-15(3)11-13-16/h6-13,19H,4-5,14H2,1-3H3,(H,25,30)(H,26,31). The van der Waals surface area contributed by atoms with Gasteiger partial charge in [0.15, 0.2) is 5.16 Å². The lowest BCUT2D eigenvalue weighted by Crippen LogP contribution is -2.25. The van der Waals surface area contributed by atoms with Crippen LogP contribution in [0.1, 0.15) is 31.7 Å². The Morgan fingerprint density at radius 1 is 1.06 bits per heavy atom. The highest BCUT2D eigenvalue weighted by Crippen LogP contribution is 2.26. The third-order valence-electron chi connectivity index (χ3n) is 4.81. The number of rotatable bonds is 9. The summed E-state index contributed by atoms with van der Waals surface area (Å²) in [6.07, 6.45) is 0.582. The number of nitrogens with one attached hydrogen (secondary N) is 2. The van der Waals surface area contributed by atoms with Crippen molar-refractivity contribution in [2.75, 3.05) is 10.6 Å². The van der Waals surface area contributed by atoms with Crippen molar-refractivity contribution in [2.24, 2.45) is 0 Å². The smallest absolute Gasteiger partial charge is 0.238 e. The van der Waals surface area contributed by atoms with Gasteiger partial charge in [-0.25, -0.2) is 4.39 Å². The van der Waals surface area contributed by atoms with E-state index in [2.05, 4.69) is 20.8 Å². The lowest BCUT2D eigenvalue weighted by molar-refractivity contribution is -0.116. The van der Waals surface area contributed by atoms with Gasteiger partial charge in [0.05, 0.1) is 17.4 Å². The summed E-state index contributed by atoms with van der Waals surface area (Å²) in [5, 5.41) is 13.9. The summed E-state index contributed by atoms with van der Waals surface area (Å²) in [5.74, 6) is -0.480. The second-order valence-electron chi connectivity index (χ2n) is 7.22. The number of carbonyl (C=O) groups excluding carboxylic acids is 2. The summed E-state index contributed by atoms with van der Waals surface area (Å²) in [7, 11) is 0. The van der Waals surface area contributed by atoms with E-state index in [-0.39, 0.29) is 23.9 Å². The summed E-state index contributed by atoms with van der Waals surface area (Å²) in [6, 6.07) is 13.6. The molecule has 1 atom stereocenters. The van der Waals surface area contributed by atoms with Gasteiger partial charge in [0.2, 0.25) is 11.8 Å². The Hall–Kier alpha value is -3.20. The minimum absolute atomic E-state index is 0.0630. The Morgan fingerprint density at radius 3 is 2.44 bits per heavy atom. The van der Waals surface area contributed by atoms with Crippen molar-refractivity contribution in [3.8, 4) is 0 Å². The first kappa shape index (κ1) is 23.5. The van der Waals surface area contributed by atoms with E-state index in [9.17, 15) is 14.0 Å². The van der Waals surface area contributed by atoms with Gasteiger partial charge >= 0.3 is 0 Å². The minimum Gasteiger partial charge on any atom is -0.326 e. The van der Waals surface area contributed by atoms with E-state index in [1.165, 1.54) is 23.9 Å². The summed E-state index contributed by atoms with van der Waals surface area (Å²) in [4.78, 5) is 25.2. The molecule has 3 aromatic rings. The summed E-state index contributed by atoms with van der Waals surface area (Å²) >= 11 is 1.25. The van der Waals surface area contributed by atoms with Crippen molar-refractivity contribution < 1.29 is 14.0 Å². The van der Waals surface area contributed by atoms with Crippen LogP contribution in [0.3, 0.4) is 0 Å². The lowest BCUT2D eigenvalue weighted by Gasteiger charge is -2.15. The summed E-state index contributed by atoms with van der Waals surface area (Å²) in [5.41, 5.74) is 1.97. The molecule has 32 heavy (non-hydrogen) atoms. The molecule has 2 amide bonds. The lowest BCUT2D eigenvalue weighted by atomic mass is 10.2. The van der Waals surface area contributed by atoms with Crippen LogP contribution in [-0.2, 0) is 22.6 Å². The molecule has 7 nitrogen and oxygen atoms in total. The molecule has 0 saturated heterocycles. The number of aryl methyl sites for hydroxylation is 1. The van der Waals surface area contributed by atoms with Crippen LogP contribution in [0.4, 0.5) is 15.8 Å². The van der Waals surface area contributed by atoms with Gasteiger partial charge in [-0.1, -0.05) is 48.5 Å². The van der Waals surface area contributed by atoms with E-state index in [0.717, 1.165) is 5.56 Å². The summed E-state index contributed by atoms with van der Waals surface area (Å²) in [6.45, 7) is 6.33. The fourth-order valence-electron chi connectivity index (χ4n) is 3.07. The third kappa shape index (κ3) is 5.94. The molecule has 2 N–H and O–H groups in total. The highest BCUT2D eigenvalue weighted by Gasteiger charge is 2.23. The number of hydrogen-bond donors (Lipinski definition) is 2. The zero-order valence-electron chi connectivity index (χ0n) is 18.3. The number of nitrogens with zero attached hydrogens (tertiary/aromatic N) is 3. The third-order valence-corrected chi connectivity index (χ3v) is 6.15. The second-order valence-corrected chi connectivity index (χ2v) is 8.39. The van der Waals surface area contributed by atoms with Crippen molar-refractivity contribution in [2.45, 2.75) is 50.6 Å². The Bertz CT molecular complexity index is 1080. The van der Waals surface area contributed by atoms with Gasteiger partial charge in [-0.15, -0.1) is 10.2 Å². The maximum absolute atomic E-state index is 13.9. The van der Waals surface area contributed by atoms with E-state index < -0.39 is 11.1 Å². The number of benzene rings is 2. The Kier molecular flexibility index (Phi) is 7.99. The number of halogens is 1. The molecule has 0 aliphatic rings. The normalized spacial score (nSPS) is 11.8. The molecule has 0 spiro atoms. The van der Waals surface area contributed by atoms with Crippen molar-refractivity contribution in [3.05, 3.63) is 65.7 Å². The largest absolute Gasteiger partial charge is 0.326 e. The number of anilines is 2. The van der Waals surface area contributed by atoms with Crippen LogP contribution in [0.25, 0.3) is 0 Å². The van der Waals surface area contributed by atoms with Gasteiger partial charge in [0.25, 0.3) is 0 Å². The first-order chi connectivity index (χ1) is 15.4. The number of thioether (sulfide) groups is 1. The summed E-state index contributed by atoms with van der Waals surface area (Å²) < 4.78 is 15.7. The Balaban J connectivity index is 1.67. The molecule has 1 unspecified atom stereocenters. The first-order valence-electron chi connectivity index (χ1n) is 10.4. The van der Waals surface area contributed by atoms with Crippen molar-refractivity contribution >= 4 is 35.0 Å². The maximum atomic E-state index is 13.9. The molecule has 1 aromatic heterocycles. The van der Waals surface area contributed by atoms with Crippen LogP contribution in [0.15, 0.2) is 53.7 Å². The van der Waals surface area contributed by atoms with Gasteiger partial charge < -0.3 is 15.2 Å². The molecule has 1 heterocycles. The van der Waals surface area contributed by atoms with Crippen LogP contribution in [0.2, 0.25) is 0 Å². The molecular weight excluding hydrogens is 429 g/mol. The molecule has 0 saturated carbocycles. The van der Waals surface area contributed by atoms with Gasteiger partial charge in [-0.3, -0.25) is 9.59 Å². The maximum Gasteiger partial charge on any atom is 0.238 e. The van der Waals surface area contributed by atoms with Crippen molar-refractivity contribution in [3.63, 3.8) is 0 Å². The van der Waals surface area contributed by atoms with Gasteiger partial charge in [0.1, 0.15) is 11.6 Å².